The van der Waals surface area contributed by atoms with Crippen molar-refractivity contribution in [1.82, 2.24) is 0 Å². The highest BCUT2D eigenvalue weighted by Crippen LogP contribution is 2.58. The third kappa shape index (κ3) is 2.56. The number of fused-ring (bicyclic) bond motifs is 2. The molecule has 1 saturated heterocycles. The lowest BCUT2D eigenvalue weighted by Crippen LogP contribution is -2.42. The van der Waals surface area contributed by atoms with Gasteiger partial charge in [0.1, 0.15) is 0 Å². The molecule has 2 aliphatic heterocycles. The van der Waals surface area contributed by atoms with Crippen LogP contribution in [0.15, 0.2) is 18.2 Å². The summed E-state index contributed by atoms with van der Waals surface area (Å²) in [7, 11) is -3.06. The van der Waals surface area contributed by atoms with Gasteiger partial charge in [0.25, 0.3) is 5.91 Å². The van der Waals surface area contributed by atoms with Gasteiger partial charge in [0, 0.05) is 32.9 Å². The molecule has 7 heteroatoms. The Hall–Kier alpha value is -0.513. The summed E-state index contributed by atoms with van der Waals surface area (Å²) >= 11 is 2.20. The first-order valence-electron chi connectivity index (χ1n) is 7.81. The Morgan fingerprint density at radius 2 is 2.17 bits per heavy atom. The lowest BCUT2D eigenvalue weighted by atomic mass is 9.82. The van der Waals surface area contributed by atoms with Crippen molar-refractivity contribution in [2.24, 2.45) is 5.92 Å². The van der Waals surface area contributed by atoms with E-state index in [2.05, 4.69) is 27.9 Å². The molecule has 0 aromatic heterocycles. The zero-order valence-electron chi connectivity index (χ0n) is 13.4. The number of amides is 1. The SMILES string of the molecule is C[C@@H]1[C@@H]([Si](C)(C)F)[C@H](CCO)O[C@@]12C(=O)Nc1ccc(I)cc12. The average molecular weight is 449 g/mol. The van der Waals surface area contributed by atoms with Gasteiger partial charge in [0.05, 0.1) is 6.10 Å². The van der Waals surface area contributed by atoms with Gasteiger partial charge in [-0.05, 0) is 60.3 Å². The van der Waals surface area contributed by atoms with Crippen LogP contribution in [0.5, 0.6) is 0 Å². The summed E-state index contributed by atoms with van der Waals surface area (Å²) in [6.07, 6.45) is -0.0832. The van der Waals surface area contributed by atoms with Crippen molar-refractivity contribution in [1.29, 1.82) is 0 Å². The van der Waals surface area contributed by atoms with E-state index < -0.39 is 20.1 Å². The van der Waals surface area contributed by atoms with E-state index in [1.54, 1.807) is 13.1 Å². The standard InChI is InChI=1S/C16H21FINO3Si/c1-9-14(23(2,3)17)13(6-7-20)22-16(9)11-8-10(18)4-5-12(11)19-15(16)21/h4-5,8-9,13-14,20H,6-7H2,1-3H3,(H,19,21)/t9-,13+,14-,16+/m1/s1. The number of aliphatic hydroxyl groups excluding tert-OH is 1. The first-order chi connectivity index (χ1) is 10.7. The maximum absolute atomic E-state index is 15.0. The molecule has 1 aromatic rings. The lowest BCUT2D eigenvalue weighted by Gasteiger charge is -2.30. The molecule has 3 rings (SSSR count). The van der Waals surface area contributed by atoms with Crippen molar-refractivity contribution >= 4 is 42.6 Å². The van der Waals surface area contributed by atoms with E-state index in [1.807, 2.05) is 25.1 Å². The molecule has 1 fully saturated rings. The third-order valence-corrected chi connectivity index (χ3v) is 8.22. The van der Waals surface area contributed by atoms with Crippen LogP contribution in [-0.2, 0) is 15.1 Å². The van der Waals surface area contributed by atoms with Gasteiger partial charge in [-0.3, -0.25) is 4.79 Å². The summed E-state index contributed by atoms with van der Waals surface area (Å²) in [5.74, 6) is -0.490. The van der Waals surface area contributed by atoms with Gasteiger partial charge in [-0.1, -0.05) is 6.92 Å². The fraction of sp³-hybridized carbons (Fsp3) is 0.562. The first kappa shape index (κ1) is 17.3. The molecular formula is C16H21FINO3Si. The monoisotopic (exact) mass is 449 g/mol. The third-order valence-electron chi connectivity index (χ3n) is 5.09. The second-order valence-electron chi connectivity index (χ2n) is 6.93. The van der Waals surface area contributed by atoms with Crippen molar-refractivity contribution in [2.75, 3.05) is 11.9 Å². The Morgan fingerprint density at radius 3 is 2.78 bits per heavy atom. The maximum Gasteiger partial charge on any atom is 0.261 e. The number of nitrogens with one attached hydrogen (secondary N) is 1. The second-order valence-corrected chi connectivity index (χ2v) is 12.0. The molecule has 0 unspecified atom stereocenters. The van der Waals surface area contributed by atoms with Crippen molar-refractivity contribution in [3.63, 3.8) is 0 Å². The molecule has 4 nitrogen and oxygen atoms in total. The number of rotatable bonds is 3. The smallest absolute Gasteiger partial charge is 0.261 e. The van der Waals surface area contributed by atoms with E-state index in [0.29, 0.717) is 6.42 Å². The number of aliphatic hydroxyl groups is 1. The van der Waals surface area contributed by atoms with Gasteiger partial charge < -0.3 is 19.3 Å². The quantitative estimate of drug-likeness (QED) is 0.423. The van der Waals surface area contributed by atoms with Crippen LogP contribution in [0.2, 0.25) is 18.6 Å². The molecule has 0 radical (unpaired) electrons. The molecule has 0 bridgehead atoms. The molecule has 1 aromatic carbocycles. The van der Waals surface area contributed by atoms with Crippen molar-refractivity contribution < 1.29 is 18.7 Å². The Balaban J connectivity index is 2.13. The minimum atomic E-state index is -3.06. The molecule has 1 amide bonds. The van der Waals surface area contributed by atoms with Crippen molar-refractivity contribution in [2.45, 2.75) is 43.7 Å². The summed E-state index contributed by atoms with van der Waals surface area (Å²) < 4.78 is 22.2. The van der Waals surface area contributed by atoms with Crippen LogP contribution in [-0.4, -0.2) is 32.1 Å². The van der Waals surface area contributed by atoms with Crippen molar-refractivity contribution in [3.8, 4) is 0 Å². The van der Waals surface area contributed by atoms with E-state index in [0.717, 1.165) is 14.8 Å². The summed E-state index contributed by atoms with van der Waals surface area (Å²) in [5, 5.41) is 12.2. The van der Waals surface area contributed by atoms with Gasteiger partial charge in [0.2, 0.25) is 8.41 Å². The van der Waals surface area contributed by atoms with Crippen molar-refractivity contribution in [3.05, 3.63) is 27.3 Å². The van der Waals surface area contributed by atoms with Gasteiger partial charge in [-0.25, -0.2) is 0 Å². The number of hydrogen-bond acceptors (Lipinski definition) is 3. The fourth-order valence-corrected chi connectivity index (χ4v) is 7.27. The predicted octanol–water partition coefficient (Wildman–Crippen LogP) is 3.40. The zero-order chi connectivity index (χ0) is 17.0. The Labute approximate surface area is 150 Å². The largest absolute Gasteiger partial charge is 0.396 e. The maximum atomic E-state index is 15.0. The highest BCUT2D eigenvalue weighted by Gasteiger charge is 2.64. The Bertz CT molecular complexity index is 651. The number of ether oxygens (including phenoxy) is 1. The molecule has 1 spiro atoms. The van der Waals surface area contributed by atoms with Crippen LogP contribution >= 0.6 is 22.6 Å². The number of halogens is 2. The summed E-state index contributed by atoms with van der Waals surface area (Å²) in [6.45, 7) is 5.15. The van der Waals surface area contributed by atoms with E-state index in [1.165, 1.54) is 0 Å². The highest BCUT2D eigenvalue weighted by atomic mass is 127. The molecule has 0 saturated carbocycles. The number of benzene rings is 1. The topological polar surface area (TPSA) is 58.6 Å². The van der Waals surface area contributed by atoms with Gasteiger partial charge in [0.15, 0.2) is 5.60 Å². The van der Waals surface area contributed by atoms with Gasteiger partial charge in [-0.2, -0.15) is 0 Å². The molecule has 2 N–H and O–H groups in total. The van der Waals surface area contributed by atoms with Crippen LogP contribution < -0.4 is 5.32 Å². The van der Waals surface area contributed by atoms with Crippen LogP contribution in [0.4, 0.5) is 9.80 Å². The number of carbonyl (C=O) groups is 1. The van der Waals surface area contributed by atoms with Crippen LogP contribution in [0.1, 0.15) is 18.9 Å². The van der Waals surface area contributed by atoms with E-state index in [9.17, 15) is 14.0 Å². The minimum Gasteiger partial charge on any atom is -0.396 e. The van der Waals surface area contributed by atoms with Crippen LogP contribution in [0.25, 0.3) is 0 Å². The first-order valence-corrected chi connectivity index (χ1v) is 11.8. The Kier molecular flexibility index (Phi) is 4.35. The predicted molar refractivity (Wildman–Crippen MR) is 97.5 cm³/mol. The summed E-state index contributed by atoms with van der Waals surface area (Å²) in [4.78, 5) is 12.8. The number of anilines is 1. The molecule has 2 heterocycles. The fourth-order valence-electron chi connectivity index (χ4n) is 4.24. The van der Waals surface area contributed by atoms with E-state index in [4.69, 9.17) is 4.74 Å². The molecule has 0 aliphatic carbocycles. The van der Waals surface area contributed by atoms with Crippen LogP contribution in [0.3, 0.4) is 0 Å². The van der Waals surface area contributed by atoms with Gasteiger partial charge >= 0.3 is 0 Å². The molecule has 126 valence electrons. The minimum absolute atomic E-state index is 0.0742. The lowest BCUT2D eigenvalue weighted by molar-refractivity contribution is -0.143. The summed E-state index contributed by atoms with van der Waals surface area (Å²) in [6, 6.07) is 5.73. The molecule has 23 heavy (non-hydrogen) atoms. The number of hydrogen-bond donors (Lipinski definition) is 2. The Morgan fingerprint density at radius 1 is 1.48 bits per heavy atom. The zero-order valence-corrected chi connectivity index (χ0v) is 16.6. The molecule has 2 aliphatic rings. The second kappa shape index (κ2) is 5.78. The average Bonchev–Trinajstić information content (AvgIpc) is 2.88. The van der Waals surface area contributed by atoms with E-state index >= 15 is 0 Å². The molecule has 4 atom stereocenters. The van der Waals surface area contributed by atoms with E-state index in [-0.39, 0.29) is 24.0 Å². The number of carbonyl (C=O) groups excluding carboxylic acids is 1. The molecular weight excluding hydrogens is 428 g/mol. The summed E-state index contributed by atoms with van der Waals surface area (Å²) in [5.41, 5.74) is 0.0657. The normalized spacial score (nSPS) is 33.1. The highest BCUT2D eigenvalue weighted by molar-refractivity contribution is 14.1. The van der Waals surface area contributed by atoms with Gasteiger partial charge in [-0.15, -0.1) is 0 Å². The van der Waals surface area contributed by atoms with Crippen LogP contribution in [0, 0.1) is 9.49 Å².